The first-order valence-electron chi connectivity index (χ1n) is 10.2. The minimum absolute atomic E-state index is 0.0835. The van der Waals surface area contributed by atoms with Gasteiger partial charge in [-0.3, -0.25) is 0 Å². The summed E-state index contributed by atoms with van der Waals surface area (Å²) < 4.78 is 11.3. The molecule has 1 N–H and O–H groups in total. The minimum atomic E-state index is -0.383. The van der Waals surface area contributed by atoms with Gasteiger partial charge in [-0.1, -0.05) is 37.3 Å². The number of hydrogen-bond donors (Lipinski definition) is 1. The van der Waals surface area contributed by atoms with Crippen LogP contribution in [-0.4, -0.2) is 18.3 Å². The van der Waals surface area contributed by atoms with Crippen molar-refractivity contribution in [2.24, 2.45) is 11.8 Å². The van der Waals surface area contributed by atoms with E-state index in [2.05, 4.69) is 6.92 Å². The Morgan fingerprint density at radius 3 is 2.56 bits per heavy atom. The zero-order valence-electron chi connectivity index (χ0n) is 15.9. The molecule has 2 fully saturated rings. The van der Waals surface area contributed by atoms with E-state index in [1.807, 2.05) is 30.3 Å². The molecule has 0 bridgehead atoms. The lowest BCUT2D eigenvalue weighted by Gasteiger charge is -2.20. The maximum atomic E-state index is 12.9. The first-order chi connectivity index (χ1) is 13.2. The van der Waals surface area contributed by atoms with E-state index in [-0.39, 0.29) is 23.2 Å². The van der Waals surface area contributed by atoms with E-state index >= 15 is 0 Å². The molecule has 4 rings (SSSR count). The molecule has 27 heavy (non-hydrogen) atoms. The second-order valence-corrected chi connectivity index (χ2v) is 8.03. The summed E-state index contributed by atoms with van der Waals surface area (Å²) in [5.41, 5.74) is 1.11. The lowest BCUT2D eigenvalue weighted by molar-refractivity contribution is 0.181. The summed E-state index contributed by atoms with van der Waals surface area (Å²) in [4.78, 5) is 12.9. The van der Waals surface area contributed by atoms with Crippen LogP contribution >= 0.6 is 0 Å². The van der Waals surface area contributed by atoms with Gasteiger partial charge >= 0.3 is 5.63 Å². The zero-order valence-corrected chi connectivity index (χ0v) is 15.9. The van der Waals surface area contributed by atoms with Crippen LogP contribution in [0.2, 0.25) is 0 Å². The molecule has 2 aliphatic rings. The third kappa shape index (κ3) is 3.96. The van der Waals surface area contributed by atoms with Gasteiger partial charge in [0.05, 0.1) is 5.56 Å². The van der Waals surface area contributed by atoms with E-state index in [4.69, 9.17) is 9.15 Å². The topological polar surface area (TPSA) is 59.7 Å². The Bertz CT molecular complexity index is 816. The number of ether oxygens (including phenoxy) is 1. The molecule has 2 heterocycles. The van der Waals surface area contributed by atoms with Gasteiger partial charge in [0.1, 0.15) is 11.5 Å². The van der Waals surface area contributed by atoms with Gasteiger partial charge in [-0.2, -0.15) is 0 Å². The molecule has 1 aromatic carbocycles. The van der Waals surface area contributed by atoms with Gasteiger partial charge in [-0.05, 0) is 49.5 Å². The molecule has 1 aromatic heterocycles. The van der Waals surface area contributed by atoms with Gasteiger partial charge in [0.15, 0.2) is 0 Å². The smallest absolute Gasteiger partial charge is 0.343 e. The number of benzene rings is 1. The van der Waals surface area contributed by atoms with Gasteiger partial charge in [0.2, 0.25) is 0 Å². The van der Waals surface area contributed by atoms with Gasteiger partial charge in [-0.15, -0.1) is 0 Å². The Balaban J connectivity index is 1.65. The Labute approximate surface area is 160 Å². The fraction of sp³-hybridized carbons (Fsp3) is 0.522. The first kappa shape index (κ1) is 18.3. The molecule has 4 heteroatoms. The normalized spacial score (nSPS) is 21.9. The molecule has 4 nitrogen and oxygen atoms in total. The maximum Gasteiger partial charge on any atom is 0.343 e. The van der Waals surface area contributed by atoms with Crippen molar-refractivity contribution in [3.05, 3.63) is 63.7 Å². The minimum Gasteiger partial charge on any atom is -0.507 e. The van der Waals surface area contributed by atoms with Crippen LogP contribution in [0.5, 0.6) is 5.75 Å². The zero-order chi connectivity index (χ0) is 18.8. The van der Waals surface area contributed by atoms with E-state index in [9.17, 15) is 9.90 Å². The molecule has 0 spiro atoms. The van der Waals surface area contributed by atoms with Crippen LogP contribution in [-0.2, 0) is 4.74 Å². The summed E-state index contributed by atoms with van der Waals surface area (Å²) >= 11 is 0. The van der Waals surface area contributed by atoms with Crippen molar-refractivity contribution in [3.8, 4) is 5.75 Å². The van der Waals surface area contributed by atoms with Crippen LogP contribution in [0.25, 0.3) is 0 Å². The van der Waals surface area contributed by atoms with Crippen molar-refractivity contribution in [1.29, 1.82) is 0 Å². The van der Waals surface area contributed by atoms with Gasteiger partial charge in [-0.25, -0.2) is 4.79 Å². The van der Waals surface area contributed by atoms with Crippen molar-refractivity contribution < 1.29 is 14.3 Å². The second-order valence-electron chi connectivity index (χ2n) is 8.03. The summed E-state index contributed by atoms with van der Waals surface area (Å²) in [5.74, 6) is 1.66. The Hall–Kier alpha value is -2.07. The molecule has 1 saturated carbocycles. The average Bonchev–Trinajstić information content (AvgIpc) is 3.38. The van der Waals surface area contributed by atoms with Crippen molar-refractivity contribution in [3.63, 3.8) is 0 Å². The number of hydrogen-bond acceptors (Lipinski definition) is 4. The average molecular weight is 368 g/mol. The second kappa shape index (κ2) is 7.89. The fourth-order valence-corrected chi connectivity index (χ4v) is 4.42. The highest BCUT2D eigenvalue weighted by molar-refractivity contribution is 5.41. The van der Waals surface area contributed by atoms with Crippen molar-refractivity contribution in [1.82, 2.24) is 0 Å². The van der Waals surface area contributed by atoms with Crippen LogP contribution in [0.4, 0.5) is 0 Å². The molecule has 3 atom stereocenters. The van der Waals surface area contributed by atoms with Gasteiger partial charge in [0.25, 0.3) is 0 Å². The summed E-state index contributed by atoms with van der Waals surface area (Å²) in [6.07, 6.45) is 5.04. The van der Waals surface area contributed by atoms with Crippen LogP contribution in [0.3, 0.4) is 0 Å². The van der Waals surface area contributed by atoms with Crippen LogP contribution in [0.15, 0.2) is 45.6 Å². The standard InChI is InChI=1S/C23H28O4/c1-2-16(12-15-10-11-26-14-15)20-13-19(24)22(23(25)27-20)21(18-8-9-18)17-6-4-3-5-7-17/h3-7,13,15-16,18,21,24H,2,8-12,14H2,1H3. The van der Waals surface area contributed by atoms with Crippen LogP contribution < -0.4 is 5.63 Å². The van der Waals surface area contributed by atoms with E-state index in [1.165, 1.54) is 0 Å². The van der Waals surface area contributed by atoms with Crippen molar-refractivity contribution in [2.75, 3.05) is 13.2 Å². The number of rotatable bonds is 7. The summed E-state index contributed by atoms with van der Waals surface area (Å²) in [6.45, 7) is 3.69. The monoisotopic (exact) mass is 368 g/mol. The molecule has 1 aliphatic carbocycles. The van der Waals surface area contributed by atoms with E-state index in [1.54, 1.807) is 6.07 Å². The molecular formula is C23H28O4. The van der Waals surface area contributed by atoms with Gasteiger partial charge < -0.3 is 14.3 Å². The highest BCUT2D eigenvalue weighted by Gasteiger charge is 2.37. The molecule has 144 valence electrons. The largest absolute Gasteiger partial charge is 0.507 e. The lowest BCUT2D eigenvalue weighted by Crippen LogP contribution is -2.18. The Morgan fingerprint density at radius 1 is 1.19 bits per heavy atom. The fourth-order valence-electron chi connectivity index (χ4n) is 4.42. The van der Waals surface area contributed by atoms with E-state index < -0.39 is 0 Å². The predicted octanol–water partition coefficient (Wildman–Crippen LogP) is 4.81. The third-order valence-corrected chi connectivity index (χ3v) is 6.09. The molecular weight excluding hydrogens is 340 g/mol. The molecule has 1 aliphatic heterocycles. The molecule has 3 unspecified atom stereocenters. The maximum absolute atomic E-state index is 12.9. The Kier molecular flexibility index (Phi) is 5.35. The summed E-state index contributed by atoms with van der Waals surface area (Å²) in [6, 6.07) is 11.7. The molecule has 1 saturated heterocycles. The predicted molar refractivity (Wildman–Crippen MR) is 104 cm³/mol. The molecule has 0 amide bonds. The number of aromatic hydroxyl groups is 1. The highest BCUT2D eigenvalue weighted by Crippen LogP contribution is 2.47. The third-order valence-electron chi connectivity index (χ3n) is 6.09. The quantitative estimate of drug-likeness (QED) is 0.762. The first-order valence-corrected chi connectivity index (χ1v) is 10.2. The highest BCUT2D eigenvalue weighted by atomic mass is 16.5. The summed E-state index contributed by atoms with van der Waals surface area (Å²) in [7, 11) is 0. The van der Waals surface area contributed by atoms with Crippen LogP contribution in [0.1, 0.15) is 67.8 Å². The summed E-state index contributed by atoms with van der Waals surface area (Å²) in [5, 5.41) is 10.8. The SMILES string of the molecule is CCC(CC1CCOC1)c1cc(O)c(C(c2ccccc2)C2CC2)c(=O)o1. The Morgan fingerprint density at radius 2 is 1.96 bits per heavy atom. The molecule has 2 aromatic rings. The van der Waals surface area contributed by atoms with Crippen molar-refractivity contribution in [2.45, 2.75) is 50.9 Å². The van der Waals surface area contributed by atoms with E-state index in [0.29, 0.717) is 23.2 Å². The lowest BCUT2D eigenvalue weighted by atomic mass is 9.86. The van der Waals surface area contributed by atoms with Crippen molar-refractivity contribution >= 4 is 0 Å². The van der Waals surface area contributed by atoms with E-state index in [0.717, 1.165) is 50.9 Å². The van der Waals surface area contributed by atoms with Crippen LogP contribution in [0, 0.1) is 11.8 Å². The molecule has 0 radical (unpaired) electrons. The van der Waals surface area contributed by atoms with Gasteiger partial charge in [0, 0.05) is 31.1 Å².